The van der Waals surface area contributed by atoms with Crippen molar-refractivity contribution in [3.8, 4) is 10.6 Å². The van der Waals surface area contributed by atoms with Crippen LogP contribution in [0.15, 0.2) is 29.6 Å². The van der Waals surface area contributed by atoms with E-state index in [0.717, 1.165) is 22.8 Å². The highest BCUT2D eigenvalue weighted by Crippen LogP contribution is 2.24. The number of rotatable bonds is 6. The summed E-state index contributed by atoms with van der Waals surface area (Å²) >= 11 is 1.64. The molecule has 112 valence electrons. The molecule has 3 nitrogen and oxygen atoms in total. The first-order chi connectivity index (χ1) is 10.0. The molecule has 0 spiro atoms. The Morgan fingerprint density at radius 3 is 2.90 bits per heavy atom. The molecule has 1 aromatic heterocycles. The fourth-order valence-electron chi connectivity index (χ4n) is 1.98. The summed E-state index contributed by atoms with van der Waals surface area (Å²) in [4.78, 5) is 16.3. The minimum Gasteiger partial charge on any atom is -0.356 e. The average Bonchev–Trinajstić information content (AvgIpc) is 2.92. The maximum atomic E-state index is 11.7. The van der Waals surface area contributed by atoms with Crippen LogP contribution in [0.4, 0.5) is 0 Å². The van der Waals surface area contributed by atoms with Crippen LogP contribution in [0.5, 0.6) is 0 Å². The van der Waals surface area contributed by atoms with Gasteiger partial charge in [-0.05, 0) is 25.3 Å². The molecule has 1 aromatic carbocycles. The van der Waals surface area contributed by atoms with E-state index >= 15 is 0 Å². The van der Waals surface area contributed by atoms with Gasteiger partial charge in [-0.15, -0.1) is 11.3 Å². The van der Waals surface area contributed by atoms with Crippen LogP contribution in [0.3, 0.4) is 0 Å². The minimum absolute atomic E-state index is 0.105. The molecule has 0 aliphatic carbocycles. The predicted molar refractivity (Wildman–Crippen MR) is 88.5 cm³/mol. The van der Waals surface area contributed by atoms with E-state index in [2.05, 4.69) is 49.3 Å². The second kappa shape index (κ2) is 7.36. The Labute approximate surface area is 130 Å². The number of aryl methyl sites for hydroxylation is 2. The zero-order valence-corrected chi connectivity index (χ0v) is 13.7. The molecule has 1 N–H and O–H groups in total. The van der Waals surface area contributed by atoms with Crippen molar-refractivity contribution in [1.29, 1.82) is 0 Å². The van der Waals surface area contributed by atoms with E-state index in [9.17, 15) is 4.79 Å². The first-order valence-corrected chi connectivity index (χ1v) is 8.20. The summed E-state index contributed by atoms with van der Waals surface area (Å²) in [5.74, 6) is 0.593. The smallest absolute Gasteiger partial charge is 0.220 e. The van der Waals surface area contributed by atoms with Gasteiger partial charge in [0.25, 0.3) is 0 Å². The zero-order valence-electron chi connectivity index (χ0n) is 12.8. The predicted octanol–water partition coefficient (Wildman–Crippen LogP) is 3.82. The third-order valence-electron chi connectivity index (χ3n) is 3.13. The lowest BCUT2D eigenvalue weighted by molar-refractivity contribution is -0.121. The van der Waals surface area contributed by atoms with E-state index < -0.39 is 0 Å². The van der Waals surface area contributed by atoms with Gasteiger partial charge < -0.3 is 5.32 Å². The summed E-state index contributed by atoms with van der Waals surface area (Å²) in [6.07, 6.45) is 1.20. The minimum atomic E-state index is 0.105. The molecule has 0 fully saturated rings. The van der Waals surface area contributed by atoms with Crippen LogP contribution in [-0.4, -0.2) is 17.4 Å². The van der Waals surface area contributed by atoms with Gasteiger partial charge in [0.15, 0.2) is 0 Å². The van der Waals surface area contributed by atoms with Crippen molar-refractivity contribution in [2.45, 2.75) is 33.6 Å². The van der Waals surface area contributed by atoms with Gasteiger partial charge in [0.1, 0.15) is 5.01 Å². The highest BCUT2D eigenvalue weighted by atomic mass is 32.1. The summed E-state index contributed by atoms with van der Waals surface area (Å²) in [7, 11) is 0. The third-order valence-corrected chi connectivity index (χ3v) is 4.07. The number of nitrogens with one attached hydrogen (secondary N) is 1. The van der Waals surface area contributed by atoms with Crippen LogP contribution in [-0.2, 0) is 11.2 Å². The molecule has 2 rings (SSSR count). The van der Waals surface area contributed by atoms with Crippen LogP contribution in [0.1, 0.15) is 31.5 Å². The summed E-state index contributed by atoms with van der Waals surface area (Å²) in [6, 6.07) is 8.34. The molecule has 0 radical (unpaired) electrons. The number of hydrogen-bond acceptors (Lipinski definition) is 3. The fraction of sp³-hybridized carbons (Fsp3) is 0.412. The number of carbonyl (C=O) groups excluding carboxylic acids is 1. The van der Waals surface area contributed by atoms with Crippen molar-refractivity contribution < 1.29 is 4.79 Å². The van der Waals surface area contributed by atoms with E-state index in [1.807, 2.05) is 11.4 Å². The summed E-state index contributed by atoms with van der Waals surface area (Å²) in [6.45, 7) is 7.01. The van der Waals surface area contributed by atoms with E-state index in [1.165, 1.54) is 5.56 Å². The molecule has 0 saturated carbocycles. The van der Waals surface area contributed by atoms with Crippen molar-refractivity contribution in [2.75, 3.05) is 6.54 Å². The van der Waals surface area contributed by atoms with Crippen LogP contribution in [0.25, 0.3) is 10.6 Å². The largest absolute Gasteiger partial charge is 0.356 e. The Kier molecular flexibility index (Phi) is 5.51. The van der Waals surface area contributed by atoms with E-state index in [4.69, 9.17) is 0 Å². The highest BCUT2D eigenvalue weighted by Gasteiger charge is 2.08. The quantitative estimate of drug-likeness (QED) is 0.881. The topological polar surface area (TPSA) is 42.0 Å². The van der Waals surface area contributed by atoms with Gasteiger partial charge in [-0.1, -0.05) is 37.6 Å². The van der Waals surface area contributed by atoms with E-state index in [0.29, 0.717) is 18.8 Å². The van der Waals surface area contributed by atoms with Gasteiger partial charge in [-0.3, -0.25) is 4.79 Å². The number of benzene rings is 1. The molecule has 2 aromatic rings. The number of amides is 1. The van der Waals surface area contributed by atoms with E-state index in [1.54, 1.807) is 11.3 Å². The number of nitrogens with zero attached hydrogens (tertiary/aromatic N) is 1. The van der Waals surface area contributed by atoms with Gasteiger partial charge in [-0.2, -0.15) is 0 Å². The van der Waals surface area contributed by atoms with Gasteiger partial charge in [0, 0.05) is 23.9 Å². The van der Waals surface area contributed by atoms with Crippen molar-refractivity contribution in [1.82, 2.24) is 10.3 Å². The Hall–Kier alpha value is -1.68. The average molecular weight is 302 g/mol. The molecule has 1 amide bonds. The normalized spacial score (nSPS) is 10.9. The lowest BCUT2D eigenvalue weighted by atomic mass is 10.1. The van der Waals surface area contributed by atoms with E-state index in [-0.39, 0.29) is 5.91 Å². The number of aromatic nitrogens is 1. The molecular weight excluding hydrogens is 280 g/mol. The molecule has 21 heavy (non-hydrogen) atoms. The standard InChI is InChI=1S/C17H22N2OS/c1-12(2)10-18-16(20)8-7-15-11-21-17(19-15)14-6-4-5-13(3)9-14/h4-6,9,11-12H,7-8,10H2,1-3H3,(H,18,20). The number of carbonyl (C=O) groups is 1. The first-order valence-electron chi connectivity index (χ1n) is 7.32. The van der Waals surface area contributed by atoms with Gasteiger partial charge in [-0.25, -0.2) is 4.98 Å². The molecule has 0 unspecified atom stereocenters. The van der Waals surface area contributed by atoms with Gasteiger partial charge >= 0.3 is 0 Å². The molecule has 1 heterocycles. The lowest BCUT2D eigenvalue weighted by Crippen LogP contribution is -2.27. The third kappa shape index (κ3) is 4.97. The highest BCUT2D eigenvalue weighted by molar-refractivity contribution is 7.13. The van der Waals surface area contributed by atoms with Crippen molar-refractivity contribution >= 4 is 17.2 Å². The Balaban J connectivity index is 1.90. The van der Waals surface area contributed by atoms with Crippen LogP contribution in [0, 0.1) is 12.8 Å². The number of thiazole rings is 1. The van der Waals surface area contributed by atoms with Crippen molar-refractivity contribution in [3.05, 3.63) is 40.9 Å². The van der Waals surface area contributed by atoms with Crippen molar-refractivity contribution in [3.63, 3.8) is 0 Å². The molecule has 0 saturated heterocycles. The maximum absolute atomic E-state index is 11.7. The number of hydrogen-bond donors (Lipinski definition) is 1. The molecule has 0 aliphatic heterocycles. The monoisotopic (exact) mass is 302 g/mol. The second-order valence-corrected chi connectivity index (χ2v) is 6.57. The van der Waals surface area contributed by atoms with Gasteiger partial charge in [0.05, 0.1) is 5.69 Å². The Morgan fingerprint density at radius 2 is 2.19 bits per heavy atom. The fourth-order valence-corrected chi connectivity index (χ4v) is 2.83. The molecule has 0 bridgehead atoms. The second-order valence-electron chi connectivity index (χ2n) is 5.71. The molecular formula is C17H22N2OS. The first kappa shape index (κ1) is 15.7. The zero-order chi connectivity index (χ0) is 15.2. The molecule has 0 aliphatic rings. The Bertz CT molecular complexity index is 604. The molecule has 4 heteroatoms. The summed E-state index contributed by atoms with van der Waals surface area (Å²) in [5, 5.41) is 6.01. The van der Waals surface area contributed by atoms with Gasteiger partial charge in [0.2, 0.25) is 5.91 Å². The summed E-state index contributed by atoms with van der Waals surface area (Å²) < 4.78 is 0. The lowest BCUT2D eigenvalue weighted by Gasteiger charge is -2.06. The van der Waals surface area contributed by atoms with Crippen LogP contribution < -0.4 is 5.32 Å². The van der Waals surface area contributed by atoms with Crippen LogP contribution in [0.2, 0.25) is 0 Å². The SMILES string of the molecule is Cc1cccc(-c2nc(CCC(=O)NCC(C)C)cs2)c1. The molecule has 0 atom stereocenters. The summed E-state index contributed by atoms with van der Waals surface area (Å²) in [5.41, 5.74) is 3.38. The van der Waals surface area contributed by atoms with Crippen molar-refractivity contribution in [2.24, 2.45) is 5.92 Å². The maximum Gasteiger partial charge on any atom is 0.220 e. The Morgan fingerprint density at radius 1 is 1.38 bits per heavy atom. The van der Waals surface area contributed by atoms with Crippen LogP contribution >= 0.6 is 11.3 Å².